The molecule has 9 heteroatoms. The van der Waals surface area contributed by atoms with Crippen LogP contribution >= 0.6 is 0 Å². The number of nitrogens with two attached hydrogens (primary N) is 1. The summed E-state index contributed by atoms with van der Waals surface area (Å²) in [6, 6.07) is 11.3. The van der Waals surface area contributed by atoms with Crippen LogP contribution in [-0.2, 0) is 12.7 Å². The topological polar surface area (TPSA) is 78.7 Å². The number of alkyl halides is 3. The van der Waals surface area contributed by atoms with Crippen molar-refractivity contribution in [2.75, 3.05) is 5.73 Å². The van der Waals surface area contributed by atoms with Crippen LogP contribution in [0.3, 0.4) is 0 Å². The average molecular weight is 335 g/mol. The summed E-state index contributed by atoms with van der Waals surface area (Å²) < 4.78 is 39.6. The lowest BCUT2D eigenvalue weighted by molar-refractivity contribution is -0.137. The highest BCUT2D eigenvalue weighted by atomic mass is 19.4. The number of nitrogen functional groups attached to an aromatic ring is 1. The Bertz CT molecular complexity index is 912. The normalized spacial score (nSPS) is 11.6. The van der Waals surface area contributed by atoms with E-state index in [9.17, 15) is 18.0 Å². The zero-order valence-electron chi connectivity index (χ0n) is 12.2. The standard InChI is InChI=1S/C15H12F3N5O/c16-15(17,18)11-2-1-3-13(8-11)23-14(24)20-21-22(23)9-10-4-6-12(19)7-5-10/h1-8H,9,19H2. The SMILES string of the molecule is Nc1ccc(Cn2nnc(=O)n2-c2cccc(C(F)(F)F)c2)cc1. The van der Waals surface area contributed by atoms with E-state index in [-0.39, 0.29) is 12.2 Å². The van der Waals surface area contributed by atoms with Gasteiger partial charge in [-0.05, 0) is 41.1 Å². The fraction of sp³-hybridized carbons (Fsp3) is 0.133. The lowest BCUT2D eigenvalue weighted by Gasteiger charge is -2.11. The summed E-state index contributed by atoms with van der Waals surface area (Å²) in [4.78, 5) is 13.1. The van der Waals surface area contributed by atoms with Crippen molar-refractivity contribution in [3.63, 3.8) is 0 Å². The molecule has 0 amide bonds. The van der Waals surface area contributed by atoms with Crippen molar-refractivity contribution >= 4 is 5.69 Å². The van der Waals surface area contributed by atoms with Crippen LogP contribution in [0, 0.1) is 0 Å². The molecule has 0 unspecified atom stereocenters. The van der Waals surface area contributed by atoms with Crippen LogP contribution in [0.4, 0.5) is 18.9 Å². The third kappa shape index (κ3) is 3.14. The highest BCUT2D eigenvalue weighted by Crippen LogP contribution is 2.30. The van der Waals surface area contributed by atoms with Gasteiger partial charge < -0.3 is 5.73 Å². The quantitative estimate of drug-likeness (QED) is 0.743. The number of aromatic nitrogens is 4. The van der Waals surface area contributed by atoms with E-state index >= 15 is 0 Å². The maximum atomic E-state index is 12.9. The van der Waals surface area contributed by atoms with Gasteiger partial charge in [-0.2, -0.15) is 22.6 Å². The summed E-state index contributed by atoms with van der Waals surface area (Å²) in [7, 11) is 0. The van der Waals surface area contributed by atoms with Gasteiger partial charge in [-0.15, -0.1) is 0 Å². The zero-order chi connectivity index (χ0) is 17.3. The number of halogens is 3. The molecule has 3 rings (SSSR count). The second-order valence-electron chi connectivity index (χ2n) is 5.10. The number of nitrogens with zero attached hydrogens (tertiary/aromatic N) is 4. The minimum absolute atomic E-state index is 0.0373. The van der Waals surface area contributed by atoms with Gasteiger partial charge in [0.25, 0.3) is 0 Å². The van der Waals surface area contributed by atoms with Crippen LogP contribution in [0.25, 0.3) is 5.69 Å². The average Bonchev–Trinajstić information content (AvgIpc) is 2.89. The molecule has 3 aromatic rings. The summed E-state index contributed by atoms with van der Waals surface area (Å²) >= 11 is 0. The summed E-state index contributed by atoms with van der Waals surface area (Å²) in [6.45, 7) is 0.158. The van der Waals surface area contributed by atoms with Crippen LogP contribution in [0.1, 0.15) is 11.1 Å². The maximum absolute atomic E-state index is 12.9. The first-order valence-corrected chi connectivity index (χ1v) is 6.89. The fourth-order valence-electron chi connectivity index (χ4n) is 2.22. The van der Waals surface area contributed by atoms with Crippen LogP contribution < -0.4 is 11.4 Å². The van der Waals surface area contributed by atoms with Crippen LogP contribution in [0.15, 0.2) is 53.3 Å². The van der Waals surface area contributed by atoms with Gasteiger partial charge in [-0.25, -0.2) is 4.79 Å². The molecule has 6 nitrogen and oxygen atoms in total. The summed E-state index contributed by atoms with van der Waals surface area (Å²) in [5.74, 6) is 0. The van der Waals surface area contributed by atoms with Crippen LogP contribution in [-0.4, -0.2) is 19.8 Å². The molecule has 2 N–H and O–H groups in total. The molecule has 124 valence electrons. The van der Waals surface area contributed by atoms with Gasteiger partial charge in [0.05, 0.1) is 17.8 Å². The predicted molar refractivity (Wildman–Crippen MR) is 80.6 cm³/mol. The van der Waals surface area contributed by atoms with Gasteiger partial charge in [0, 0.05) is 5.69 Å². The molecule has 0 saturated heterocycles. The maximum Gasteiger partial charge on any atom is 0.416 e. The van der Waals surface area contributed by atoms with Gasteiger partial charge in [0.2, 0.25) is 0 Å². The highest BCUT2D eigenvalue weighted by molar-refractivity contribution is 5.39. The molecular weight excluding hydrogens is 323 g/mol. The van der Waals surface area contributed by atoms with Crippen LogP contribution in [0.5, 0.6) is 0 Å². The van der Waals surface area contributed by atoms with E-state index in [1.807, 2.05) is 0 Å². The molecule has 0 atom stereocenters. The van der Waals surface area contributed by atoms with Crippen molar-refractivity contribution in [1.82, 2.24) is 19.8 Å². The first kappa shape index (κ1) is 15.8. The Morgan fingerprint density at radius 1 is 1.08 bits per heavy atom. The molecule has 0 aliphatic carbocycles. The van der Waals surface area contributed by atoms with Crippen molar-refractivity contribution < 1.29 is 13.2 Å². The predicted octanol–water partition coefficient (Wildman–Crippen LogP) is 2.08. The monoisotopic (exact) mass is 335 g/mol. The first-order valence-electron chi connectivity index (χ1n) is 6.89. The van der Waals surface area contributed by atoms with Crippen molar-refractivity contribution in [3.05, 3.63) is 70.1 Å². The number of anilines is 1. The number of benzene rings is 2. The third-order valence-electron chi connectivity index (χ3n) is 3.37. The Morgan fingerprint density at radius 3 is 2.46 bits per heavy atom. The van der Waals surface area contributed by atoms with E-state index in [0.29, 0.717) is 5.69 Å². The molecule has 1 heterocycles. The molecule has 0 fully saturated rings. The Morgan fingerprint density at radius 2 is 1.79 bits per heavy atom. The lowest BCUT2D eigenvalue weighted by Crippen LogP contribution is -2.23. The second-order valence-corrected chi connectivity index (χ2v) is 5.10. The van der Waals surface area contributed by atoms with Gasteiger partial charge in [0.1, 0.15) is 0 Å². The van der Waals surface area contributed by atoms with Crippen LogP contribution in [0.2, 0.25) is 0 Å². The van der Waals surface area contributed by atoms with E-state index in [2.05, 4.69) is 10.3 Å². The van der Waals surface area contributed by atoms with Gasteiger partial charge in [0.15, 0.2) is 0 Å². The molecule has 0 saturated carbocycles. The fourth-order valence-corrected chi connectivity index (χ4v) is 2.22. The van der Waals surface area contributed by atoms with E-state index in [4.69, 9.17) is 5.73 Å². The van der Waals surface area contributed by atoms with E-state index < -0.39 is 17.4 Å². The van der Waals surface area contributed by atoms with E-state index in [1.54, 1.807) is 24.3 Å². The Hall–Kier alpha value is -3.10. The number of tetrazole rings is 1. The minimum atomic E-state index is -4.51. The molecule has 0 spiro atoms. The Labute approximate surface area is 133 Å². The van der Waals surface area contributed by atoms with Gasteiger partial charge in [-0.3, -0.25) is 0 Å². The summed E-state index contributed by atoms with van der Waals surface area (Å²) in [5.41, 5.74) is 5.38. The van der Waals surface area contributed by atoms with Gasteiger partial charge in [-0.1, -0.05) is 23.3 Å². The van der Waals surface area contributed by atoms with Crippen molar-refractivity contribution in [2.45, 2.75) is 12.7 Å². The third-order valence-corrected chi connectivity index (χ3v) is 3.37. The Kier molecular flexibility index (Phi) is 3.84. The number of rotatable bonds is 3. The molecular formula is C15H12F3N5O. The van der Waals surface area contributed by atoms with Crippen molar-refractivity contribution in [2.24, 2.45) is 0 Å². The molecule has 0 bridgehead atoms. The largest absolute Gasteiger partial charge is 0.416 e. The number of hydrogen-bond donors (Lipinski definition) is 1. The molecule has 0 aliphatic heterocycles. The van der Waals surface area contributed by atoms with Crippen molar-refractivity contribution in [3.8, 4) is 5.69 Å². The molecule has 0 radical (unpaired) electrons. The first-order chi connectivity index (χ1) is 11.3. The second kappa shape index (κ2) is 5.84. The molecule has 1 aromatic heterocycles. The zero-order valence-corrected chi connectivity index (χ0v) is 12.2. The molecule has 2 aromatic carbocycles. The summed E-state index contributed by atoms with van der Waals surface area (Å²) in [6.07, 6.45) is -4.51. The van der Waals surface area contributed by atoms with Gasteiger partial charge >= 0.3 is 11.9 Å². The lowest BCUT2D eigenvalue weighted by atomic mass is 10.2. The number of hydrogen-bond acceptors (Lipinski definition) is 4. The Balaban J connectivity index is 2.02. The smallest absolute Gasteiger partial charge is 0.399 e. The molecule has 0 aliphatic rings. The van der Waals surface area contributed by atoms with Crippen molar-refractivity contribution in [1.29, 1.82) is 0 Å². The summed E-state index contributed by atoms with van der Waals surface area (Å²) in [5, 5.41) is 7.12. The molecule has 24 heavy (non-hydrogen) atoms. The van der Waals surface area contributed by atoms with E-state index in [1.165, 1.54) is 16.9 Å². The minimum Gasteiger partial charge on any atom is -0.399 e. The van der Waals surface area contributed by atoms with E-state index in [0.717, 1.165) is 22.4 Å². The highest BCUT2D eigenvalue weighted by Gasteiger charge is 2.30.